The number of likely N-dealkylation sites (tertiary alicyclic amines) is 1. The Kier molecular flexibility index (Phi) is 19.8. The van der Waals surface area contributed by atoms with Crippen molar-refractivity contribution >= 4 is 53.2 Å². The van der Waals surface area contributed by atoms with E-state index >= 15 is 0 Å². The fourth-order valence-corrected chi connectivity index (χ4v) is 4.73. The lowest BCUT2D eigenvalue weighted by molar-refractivity contribution is -0.139. The zero-order valence-corrected chi connectivity index (χ0v) is 28.8. The molecule has 9 amide bonds. The van der Waals surface area contributed by atoms with Crippen LogP contribution in [0.4, 0.5) is 0 Å². The molecule has 0 unspecified atom stereocenters. The number of hydrogen-bond donors (Lipinski definition) is 9. The number of terminal acetylenes is 1. The molecular weight excluding hydrogens is 656 g/mol. The molecule has 0 spiro atoms. The van der Waals surface area contributed by atoms with Gasteiger partial charge in [0.25, 0.3) is 0 Å². The maximum Gasteiger partial charge on any atom is 0.243 e. The van der Waals surface area contributed by atoms with Crippen LogP contribution in [0.15, 0.2) is 0 Å². The summed E-state index contributed by atoms with van der Waals surface area (Å²) in [5.41, 5.74) is 5.30. The minimum Gasteiger partial charge on any atom is -0.368 e. The van der Waals surface area contributed by atoms with Crippen molar-refractivity contribution < 1.29 is 43.2 Å². The molecule has 19 heteroatoms. The van der Waals surface area contributed by atoms with E-state index in [0.29, 0.717) is 25.7 Å². The molecule has 50 heavy (non-hydrogen) atoms. The van der Waals surface area contributed by atoms with Gasteiger partial charge in [0.05, 0.1) is 26.2 Å². The fraction of sp³-hybridized carbons (Fsp3) is 0.645. The minimum absolute atomic E-state index is 0.0178. The van der Waals surface area contributed by atoms with Gasteiger partial charge in [-0.25, -0.2) is 0 Å². The molecule has 0 aromatic heterocycles. The molecule has 0 aliphatic carbocycles. The van der Waals surface area contributed by atoms with Crippen LogP contribution in [0.3, 0.4) is 0 Å². The molecule has 1 fully saturated rings. The second-order valence-electron chi connectivity index (χ2n) is 11.5. The minimum atomic E-state index is -1.25. The molecule has 278 valence electrons. The van der Waals surface area contributed by atoms with Crippen molar-refractivity contribution in [1.82, 2.24) is 47.4 Å². The van der Waals surface area contributed by atoms with Crippen molar-refractivity contribution in [3.63, 3.8) is 0 Å². The molecule has 1 aliphatic heterocycles. The summed E-state index contributed by atoms with van der Waals surface area (Å²) in [5, 5.41) is 19.7. The molecule has 1 heterocycles. The number of nitrogens with zero attached hydrogens (tertiary/aromatic N) is 1. The van der Waals surface area contributed by atoms with Crippen LogP contribution in [-0.2, 0) is 43.2 Å². The number of unbranched alkanes of at least 4 members (excludes halogenated alkanes) is 1. The second kappa shape index (κ2) is 23.2. The maximum absolute atomic E-state index is 12.9. The quantitative estimate of drug-likeness (QED) is 0.0485. The van der Waals surface area contributed by atoms with Gasteiger partial charge in [0, 0.05) is 25.9 Å². The highest BCUT2D eigenvalue weighted by atomic mass is 16.2. The molecule has 4 atom stereocenters. The molecule has 1 aliphatic rings. The summed E-state index contributed by atoms with van der Waals surface area (Å²) in [6, 6.07) is -4.05. The second-order valence-corrected chi connectivity index (χ2v) is 11.5. The third-order valence-electron chi connectivity index (χ3n) is 7.42. The lowest BCUT2D eigenvalue weighted by atomic mass is 10.1. The fourth-order valence-electron chi connectivity index (χ4n) is 4.73. The molecule has 0 saturated carbocycles. The van der Waals surface area contributed by atoms with Crippen LogP contribution in [0.25, 0.3) is 0 Å². The largest absolute Gasteiger partial charge is 0.368 e. The van der Waals surface area contributed by atoms with Crippen molar-refractivity contribution in [2.75, 3.05) is 46.3 Å². The molecular formula is C31H50N10O9. The Labute approximate surface area is 291 Å². The van der Waals surface area contributed by atoms with Gasteiger partial charge in [-0.2, -0.15) is 0 Å². The number of nitrogens with one attached hydrogen (secondary N) is 8. The number of carbonyl (C=O) groups excluding carboxylic acids is 9. The van der Waals surface area contributed by atoms with E-state index in [-0.39, 0.29) is 38.9 Å². The number of primary amides is 1. The first-order valence-corrected chi connectivity index (χ1v) is 16.4. The Morgan fingerprint density at radius 3 is 2.06 bits per heavy atom. The van der Waals surface area contributed by atoms with E-state index in [2.05, 4.69) is 48.5 Å². The van der Waals surface area contributed by atoms with E-state index in [1.54, 1.807) is 7.05 Å². The third kappa shape index (κ3) is 16.2. The van der Waals surface area contributed by atoms with Crippen LogP contribution in [0.5, 0.6) is 0 Å². The predicted molar refractivity (Wildman–Crippen MR) is 179 cm³/mol. The molecule has 1 rings (SSSR count). The molecule has 0 bridgehead atoms. The first-order chi connectivity index (χ1) is 23.7. The number of likely N-dealkylation sites (N-methyl/N-ethyl adjacent to an activating group) is 1. The number of hydrogen-bond acceptors (Lipinski definition) is 10. The van der Waals surface area contributed by atoms with Gasteiger partial charge in [-0.1, -0.05) is 19.8 Å². The van der Waals surface area contributed by atoms with Gasteiger partial charge in [0.15, 0.2) is 0 Å². The monoisotopic (exact) mass is 706 g/mol. The zero-order valence-electron chi connectivity index (χ0n) is 28.8. The summed E-state index contributed by atoms with van der Waals surface area (Å²) in [7, 11) is 1.58. The van der Waals surface area contributed by atoms with E-state index in [4.69, 9.17) is 12.2 Å². The summed E-state index contributed by atoms with van der Waals surface area (Å²) in [6.07, 6.45) is 7.67. The SMILES string of the molecule is C#CCCC(=O)NC[C@H](NC(=O)CNC(=O)[C@H](CCCC)NC(=O)CNC(=O)[C@@H]1CCCN1C(=O)CNC(=O)[C@H](C)NC(=O)CNC)C(N)=O. The number of carbonyl (C=O) groups is 9. The Bertz CT molecular complexity index is 1290. The van der Waals surface area contributed by atoms with Gasteiger partial charge < -0.3 is 53.2 Å². The molecule has 10 N–H and O–H groups in total. The first kappa shape index (κ1) is 42.8. The van der Waals surface area contributed by atoms with Gasteiger partial charge in [0.1, 0.15) is 24.2 Å². The lowest BCUT2D eigenvalue weighted by Gasteiger charge is -2.25. The average Bonchev–Trinajstić information content (AvgIpc) is 3.58. The van der Waals surface area contributed by atoms with Crippen molar-refractivity contribution in [3.05, 3.63) is 0 Å². The molecule has 0 radical (unpaired) electrons. The van der Waals surface area contributed by atoms with Crippen molar-refractivity contribution in [1.29, 1.82) is 0 Å². The molecule has 1 saturated heterocycles. The van der Waals surface area contributed by atoms with Crippen LogP contribution in [-0.4, -0.2) is 129 Å². The topological polar surface area (TPSA) is 279 Å². The lowest BCUT2D eigenvalue weighted by Crippen LogP contribution is -2.55. The van der Waals surface area contributed by atoms with E-state index in [1.165, 1.54) is 11.8 Å². The van der Waals surface area contributed by atoms with Crippen LogP contribution in [0.1, 0.15) is 58.8 Å². The summed E-state index contributed by atoms with van der Waals surface area (Å²) in [4.78, 5) is 112. The summed E-state index contributed by atoms with van der Waals surface area (Å²) in [6.45, 7) is 1.90. The average molecular weight is 707 g/mol. The maximum atomic E-state index is 12.9. The van der Waals surface area contributed by atoms with E-state index in [9.17, 15) is 43.2 Å². The summed E-state index contributed by atoms with van der Waals surface area (Å²) in [5.74, 6) is -3.25. The van der Waals surface area contributed by atoms with Crippen LogP contribution >= 0.6 is 0 Å². The molecule has 19 nitrogen and oxygen atoms in total. The van der Waals surface area contributed by atoms with Crippen LogP contribution < -0.4 is 48.3 Å². The number of rotatable bonds is 22. The standard InChI is InChI=1S/C31H50N10O9/c1-5-7-10-20(30(49)35-16-26(45)40-21(28(32)47)14-34-23(42)12-8-6-2)39-25(44)17-36-31(50)22-11-9-13-41(22)27(46)18-37-29(48)19(3)38-24(43)15-33-4/h2,19-22,33H,5,7-18H2,1,3-4H3,(H2,32,47)(H,34,42)(H,35,49)(H,36,50)(H,37,48)(H,38,43)(H,39,44)(H,40,45)/t19-,20-,21-,22-/m0/s1. The Balaban J connectivity index is 2.62. The van der Waals surface area contributed by atoms with Crippen LogP contribution in [0, 0.1) is 12.3 Å². The zero-order chi connectivity index (χ0) is 37.6. The van der Waals surface area contributed by atoms with Crippen molar-refractivity contribution in [2.45, 2.75) is 83.0 Å². The highest BCUT2D eigenvalue weighted by Gasteiger charge is 2.34. The Morgan fingerprint density at radius 1 is 0.820 bits per heavy atom. The number of amides is 9. The van der Waals surface area contributed by atoms with Gasteiger partial charge in [-0.05, 0) is 33.2 Å². The number of nitrogens with two attached hydrogens (primary N) is 1. The van der Waals surface area contributed by atoms with Gasteiger partial charge >= 0.3 is 0 Å². The third-order valence-corrected chi connectivity index (χ3v) is 7.42. The van der Waals surface area contributed by atoms with E-state index in [1.807, 2.05) is 6.92 Å². The normalized spacial score (nSPS) is 15.2. The highest BCUT2D eigenvalue weighted by molar-refractivity contribution is 5.95. The van der Waals surface area contributed by atoms with Crippen LogP contribution in [0.2, 0.25) is 0 Å². The van der Waals surface area contributed by atoms with E-state index in [0.717, 1.165) is 0 Å². The Hall–Kier alpha value is -5.25. The molecule has 0 aromatic carbocycles. The highest BCUT2D eigenvalue weighted by Crippen LogP contribution is 2.17. The smallest absolute Gasteiger partial charge is 0.243 e. The van der Waals surface area contributed by atoms with E-state index < -0.39 is 97.0 Å². The van der Waals surface area contributed by atoms with Gasteiger partial charge in [-0.15, -0.1) is 12.3 Å². The first-order valence-electron chi connectivity index (χ1n) is 16.4. The predicted octanol–water partition coefficient (Wildman–Crippen LogP) is -4.78. The van der Waals surface area contributed by atoms with Gasteiger partial charge in [0.2, 0.25) is 53.2 Å². The van der Waals surface area contributed by atoms with Crippen molar-refractivity contribution in [3.8, 4) is 12.3 Å². The van der Waals surface area contributed by atoms with Crippen molar-refractivity contribution in [2.24, 2.45) is 5.73 Å². The summed E-state index contributed by atoms with van der Waals surface area (Å²) >= 11 is 0. The van der Waals surface area contributed by atoms with Gasteiger partial charge in [-0.3, -0.25) is 43.2 Å². The Morgan fingerprint density at radius 2 is 1.44 bits per heavy atom. The molecule has 0 aromatic rings. The summed E-state index contributed by atoms with van der Waals surface area (Å²) < 4.78 is 0.